The lowest BCUT2D eigenvalue weighted by atomic mass is 10.00. The number of hydrogen-bond donors (Lipinski definition) is 1. The molecule has 2 saturated heterocycles. The summed E-state index contributed by atoms with van der Waals surface area (Å²) in [5, 5.41) is 3.44. The molecule has 0 spiro atoms. The summed E-state index contributed by atoms with van der Waals surface area (Å²) in [6, 6.07) is 0. The maximum atomic E-state index is 3.44. The third kappa shape index (κ3) is 4.42. The van der Waals surface area contributed by atoms with Crippen LogP contribution in [0.25, 0.3) is 0 Å². The summed E-state index contributed by atoms with van der Waals surface area (Å²) in [5.74, 6) is 0. The van der Waals surface area contributed by atoms with Crippen molar-refractivity contribution in [1.82, 2.24) is 20.0 Å². The van der Waals surface area contributed by atoms with Gasteiger partial charge in [0.05, 0.1) is 0 Å². The van der Waals surface area contributed by atoms with E-state index in [4.69, 9.17) is 0 Å². The molecule has 0 radical (unpaired) electrons. The Kier molecular flexibility index (Phi) is 5.63. The number of nitrogens with one attached hydrogen (secondary N) is 1. The second-order valence-electron chi connectivity index (χ2n) is 6.67. The fourth-order valence-corrected chi connectivity index (χ4v) is 3.41. The van der Waals surface area contributed by atoms with E-state index in [1.165, 1.54) is 58.8 Å². The van der Waals surface area contributed by atoms with Crippen LogP contribution in [0, 0.1) is 0 Å². The number of hydrogen-bond acceptors (Lipinski definition) is 4. The molecule has 0 aromatic carbocycles. The fraction of sp³-hybridized carbons (Fsp3) is 1.00. The minimum Gasteiger partial charge on any atom is -0.314 e. The Morgan fingerprint density at radius 3 is 2.11 bits per heavy atom. The van der Waals surface area contributed by atoms with Crippen LogP contribution in [0.15, 0.2) is 0 Å². The predicted molar refractivity (Wildman–Crippen MR) is 81.7 cm³/mol. The predicted octanol–water partition coefficient (Wildman–Crippen LogP) is 0.698. The summed E-state index contributed by atoms with van der Waals surface area (Å²) in [7, 11) is 0. The minimum absolute atomic E-state index is 0.315. The van der Waals surface area contributed by atoms with Crippen LogP contribution in [0.3, 0.4) is 0 Å². The highest BCUT2D eigenvalue weighted by Crippen LogP contribution is 2.19. The first-order valence-electron chi connectivity index (χ1n) is 8.02. The maximum Gasteiger partial charge on any atom is 0.0281 e. The van der Waals surface area contributed by atoms with E-state index in [0.717, 1.165) is 13.1 Å². The van der Waals surface area contributed by atoms with Gasteiger partial charge in [-0.1, -0.05) is 6.92 Å². The second-order valence-corrected chi connectivity index (χ2v) is 6.67. The van der Waals surface area contributed by atoms with Crippen molar-refractivity contribution >= 4 is 0 Å². The van der Waals surface area contributed by atoms with Crippen molar-refractivity contribution in [1.29, 1.82) is 0 Å². The molecular formula is C15H32N4. The summed E-state index contributed by atoms with van der Waals surface area (Å²) < 4.78 is 0. The van der Waals surface area contributed by atoms with Crippen LogP contribution >= 0.6 is 0 Å². The quantitative estimate of drug-likeness (QED) is 0.792. The van der Waals surface area contributed by atoms with Crippen molar-refractivity contribution in [3.8, 4) is 0 Å². The normalized spacial score (nSPS) is 24.8. The van der Waals surface area contributed by atoms with Gasteiger partial charge >= 0.3 is 0 Å². The van der Waals surface area contributed by atoms with Crippen molar-refractivity contribution < 1.29 is 0 Å². The Balaban J connectivity index is 1.79. The summed E-state index contributed by atoms with van der Waals surface area (Å²) >= 11 is 0. The van der Waals surface area contributed by atoms with Gasteiger partial charge in [0, 0.05) is 64.4 Å². The van der Waals surface area contributed by atoms with E-state index in [2.05, 4.69) is 40.8 Å². The number of piperazine rings is 2. The molecule has 4 heteroatoms. The Morgan fingerprint density at radius 2 is 1.53 bits per heavy atom. The van der Waals surface area contributed by atoms with Gasteiger partial charge in [0.2, 0.25) is 0 Å². The lowest BCUT2D eigenvalue weighted by Gasteiger charge is -2.46. The van der Waals surface area contributed by atoms with Crippen molar-refractivity contribution in [2.45, 2.75) is 32.7 Å². The van der Waals surface area contributed by atoms with Crippen LogP contribution in [0.4, 0.5) is 0 Å². The molecule has 0 unspecified atom stereocenters. The van der Waals surface area contributed by atoms with Gasteiger partial charge in [-0.3, -0.25) is 9.80 Å². The lowest BCUT2D eigenvalue weighted by molar-refractivity contribution is 0.0262. The Hall–Kier alpha value is -0.160. The molecule has 2 fully saturated rings. The lowest BCUT2D eigenvalue weighted by Crippen LogP contribution is -2.60. The van der Waals surface area contributed by atoms with Crippen LogP contribution in [0.5, 0.6) is 0 Å². The zero-order chi connectivity index (χ0) is 13.7. The molecule has 0 aromatic heterocycles. The van der Waals surface area contributed by atoms with Gasteiger partial charge < -0.3 is 10.2 Å². The van der Waals surface area contributed by atoms with Crippen LogP contribution in [-0.2, 0) is 0 Å². The summed E-state index contributed by atoms with van der Waals surface area (Å²) in [6.07, 6.45) is 1.28. The van der Waals surface area contributed by atoms with Crippen molar-refractivity contribution in [3.05, 3.63) is 0 Å². The highest BCUT2D eigenvalue weighted by molar-refractivity contribution is 4.89. The van der Waals surface area contributed by atoms with E-state index >= 15 is 0 Å². The molecule has 0 aromatic rings. The molecule has 2 rings (SSSR count). The smallest absolute Gasteiger partial charge is 0.0281 e. The molecule has 19 heavy (non-hydrogen) atoms. The SMILES string of the molecule is CCCN1CCN(C(C)(C)CN2CCNCC2)CC1. The monoisotopic (exact) mass is 268 g/mol. The Morgan fingerprint density at radius 1 is 0.895 bits per heavy atom. The molecule has 4 nitrogen and oxygen atoms in total. The Bertz CT molecular complexity index is 253. The second kappa shape index (κ2) is 7.02. The van der Waals surface area contributed by atoms with Gasteiger partial charge in [-0.05, 0) is 26.8 Å². The first-order valence-corrected chi connectivity index (χ1v) is 8.02. The van der Waals surface area contributed by atoms with Crippen LogP contribution < -0.4 is 5.32 Å². The minimum atomic E-state index is 0.315. The molecule has 0 aliphatic carbocycles. The summed E-state index contributed by atoms with van der Waals surface area (Å²) in [4.78, 5) is 7.92. The molecular weight excluding hydrogens is 236 g/mol. The summed E-state index contributed by atoms with van der Waals surface area (Å²) in [6.45, 7) is 19.3. The average Bonchev–Trinajstić information content (AvgIpc) is 2.40. The van der Waals surface area contributed by atoms with Gasteiger partial charge in [-0.2, -0.15) is 0 Å². The molecule has 2 aliphatic rings. The van der Waals surface area contributed by atoms with Crippen molar-refractivity contribution in [2.24, 2.45) is 0 Å². The van der Waals surface area contributed by atoms with Crippen molar-refractivity contribution in [3.63, 3.8) is 0 Å². The molecule has 0 bridgehead atoms. The highest BCUT2D eigenvalue weighted by atomic mass is 15.3. The molecule has 0 atom stereocenters. The van der Waals surface area contributed by atoms with E-state index in [1.54, 1.807) is 0 Å². The molecule has 0 saturated carbocycles. The van der Waals surface area contributed by atoms with E-state index in [9.17, 15) is 0 Å². The Labute approximate surface area is 119 Å². The van der Waals surface area contributed by atoms with E-state index in [0.29, 0.717) is 5.54 Å². The van der Waals surface area contributed by atoms with Crippen molar-refractivity contribution in [2.75, 3.05) is 65.4 Å². The van der Waals surface area contributed by atoms with Gasteiger partial charge in [0.25, 0.3) is 0 Å². The molecule has 112 valence electrons. The van der Waals surface area contributed by atoms with Gasteiger partial charge in [-0.25, -0.2) is 0 Å². The first-order chi connectivity index (χ1) is 9.12. The standard InChI is InChI=1S/C15H32N4/c1-4-7-17-10-12-19(13-11-17)15(2,3)14-18-8-5-16-6-9-18/h16H,4-14H2,1-3H3. The maximum absolute atomic E-state index is 3.44. The molecule has 1 N–H and O–H groups in total. The third-order valence-corrected chi connectivity index (χ3v) is 4.59. The van der Waals surface area contributed by atoms with E-state index in [1.807, 2.05) is 0 Å². The third-order valence-electron chi connectivity index (χ3n) is 4.59. The van der Waals surface area contributed by atoms with Crippen LogP contribution in [-0.4, -0.2) is 85.7 Å². The largest absolute Gasteiger partial charge is 0.314 e. The van der Waals surface area contributed by atoms with Crippen LogP contribution in [0.1, 0.15) is 27.2 Å². The highest BCUT2D eigenvalue weighted by Gasteiger charge is 2.31. The zero-order valence-corrected chi connectivity index (χ0v) is 13.1. The topological polar surface area (TPSA) is 21.8 Å². The zero-order valence-electron chi connectivity index (χ0n) is 13.1. The van der Waals surface area contributed by atoms with E-state index in [-0.39, 0.29) is 0 Å². The van der Waals surface area contributed by atoms with Crippen LogP contribution in [0.2, 0.25) is 0 Å². The number of nitrogens with zero attached hydrogens (tertiary/aromatic N) is 3. The fourth-order valence-electron chi connectivity index (χ4n) is 3.41. The summed E-state index contributed by atoms with van der Waals surface area (Å²) in [5.41, 5.74) is 0.315. The molecule has 2 aliphatic heterocycles. The first kappa shape index (κ1) is 15.2. The molecule has 0 amide bonds. The molecule has 2 heterocycles. The van der Waals surface area contributed by atoms with Gasteiger partial charge in [-0.15, -0.1) is 0 Å². The number of rotatable bonds is 5. The average molecular weight is 268 g/mol. The van der Waals surface area contributed by atoms with Gasteiger partial charge in [0.15, 0.2) is 0 Å². The van der Waals surface area contributed by atoms with E-state index < -0.39 is 0 Å². The van der Waals surface area contributed by atoms with Gasteiger partial charge in [0.1, 0.15) is 0 Å².